The van der Waals surface area contributed by atoms with Gasteiger partial charge in [0, 0.05) is 12.8 Å². The van der Waals surface area contributed by atoms with Gasteiger partial charge in [0.05, 0.1) is 32.0 Å². The van der Waals surface area contributed by atoms with Crippen LogP contribution < -0.4 is 5.32 Å². The second-order valence-corrected chi connectivity index (χ2v) is 20.7. The van der Waals surface area contributed by atoms with Gasteiger partial charge in [0.1, 0.15) is 24.4 Å². The average Bonchev–Trinajstić information content (AvgIpc) is 3.34. The van der Waals surface area contributed by atoms with Crippen LogP contribution in [0.5, 0.6) is 0 Å². The molecular formula is C58H111NO10. The summed E-state index contributed by atoms with van der Waals surface area (Å²) in [6.07, 6.45) is 46.0. The summed E-state index contributed by atoms with van der Waals surface area (Å²) in [4.78, 5) is 25.0. The van der Waals surface area contributed by atoms with Crippen molar-refractivity contribution in [3.05, 3.63) is 12.2 Å². The lowest BCUT2D eigenvalue weighted by Gasteiger charge is -2.40. The molecule has 7 unspecified atom stereocenters. The fourth-order valence-electron chi connectivity index (χ4n) is 9.44. The molecule has 0 aromatic carbocycles. The van der Waals surface area contributed by atoms with Crippen molar-refractivity contribution in [2.45, 2.75) is 326 Å². The van der Waals surface area contributed by atoms with Crippen LogP contribution in [0.1, 0.15) is 284 Å². The van der Waals surface area contributed by atoms with Crippen LogP contribution in [-0.2, 0) is 23.8 Å². The first kappa shape index (κ1) is 65.4. The van der Waals surface area contributed by atoms with E-state index in [2.05, 4.69) is 19.2 Å². The third kappa shape index (κ3) is 38.7. The van der Waals surface area contributed by atoms with Crippen molar-refractivity contribution in [2.24, 2.45) is 0 Å². The standard InChI is InChI=1S/C58H111NO10/c1-3-5-7-9-11-13-25-30-34-38-42-46-54(63)67-47-43-39-35-31-27-24-22-20-18-16-14-15-17-19-21-23-26-29-33-37-41-45-53(62)59-50(51(61)44-40-36-32-28-12-10-8-6-4-2)49-68-58-57(66)56(65)55(64)52(48-60)69-58/h40,44,50-52,55-58,60-61,64-66H,3-39,41-43,45-49H2,1-2H3,(H,59,62)/b44-40+. The van der Waals surface area contributed by atoms with Gasteiger partial charge < -0.3 is 45.1 Å². The number of unbranched alkanes of at least 4 members (excludes halogenated alkanes) is 37. The molecule has 0 bridgehead atoms. The summed E-state index contributed by atoms with van der Waals surface area (Å²) in [6, 6.07) is -0.808. The number of hydrogen-bond acceptors (Lipinski definition) is 10. The highest BCUT2D eigenvalue weighted by Gasteiger charge is 2.44. The minimum Gasteiger partial charge on any atom is -0.466 e. The predicted molar refractivity (Wildman–Crippen MR) is 283 cm³/mol. The molecule has 11 heteroatoms. The van der Waals surface area contributed by atoms with E-state index < -0.39 is 49.5 Å². The number of carbonyl (C=O) groups excluding carboxylic acids is 2. The lowest BCUT2D eigenvalue weighted by molar-refractivity contribution is -0.302. The number of amides is 1. The van der Waals surface area contributed by atoms with Gasteiger partial charge in [-0.05, 0) is 32.1 Å². The number of hydrogen-bond donors (Lipinski definition) is 6. The minimum absolute atomic E-state index is 0.00129. The summed E-state index contributed by atoms with van der Waals surface area (Å²) in [6.45, 7) is 4.32. The van der Waals surface area contributed by atoms with E-state index in [0.717, 1.165) is 57.8 Å². The zero-order valence-electron chi connectivity index (χ0n) is 44.8. The number of aliphatic hydroxyl groups excluding tert-OH is 5. The fraction of sp³-hybridized carbons (Fsp3) is 0.931. The largest absolute Gasteiger partial charge is 0.466 e. The second-order valence-electron chi connectivity index (χ2n) is 20.7. The van der Waals surface area contributed by atoms with Crippen molar-refractivity contribution in [3.8, 4) is 0 Å². The Kier molecular flexibility index (Phi) is 46.1. The van der Waals surface area contributed by atoms with Gasteiger partial charge in [-0.3, -0.25) is 9.59 Å². The van der Waals surface area contributed by atoms with Crippen LogP contribution in [-0.4, -0.2) is 100 Å². The molecule has 1 saturated heterocycles. The minimum atomic E-state index is -1.57. The highest BCUT2D eigenvalue weighted by atomic mass is 16.7. The van der Waals surface area contributed by atoms with Crippen LogP contribution in [0.3, 0.4) is 0 Å². The smallest absolute Gasteiger partial charge is 0.305 e. The van der Waals surface area contributed by atoms with Crippen LogP contribution in [0.15, 0.2) is 12.2 Å². The Labute approximate surface area is 423 Å². The van der Waals surface area contributed by atoms with Gasteiger partial charge in [-0.2, -0.15) is 0 Å². The highest BCUT2D eigenvalue weighted by Crippen LogP contribution is 2.23. The summed E-state index contributed by atoms with van der Waals surface area (Å²) >= 11 is 0. The molecule has 7 atom stereocenters. The van der Waals surface area contributed by atoms with Gasteiger partial charge in [0.25, 0.3) is 0 Å². The molecule has 1 fully saturated rings. The molecule has 11 nitrogen and oxygen atoms in total. The molecule has 1 aliphatic heterocycles. The molecular weight excluding hydrogens is 871 g/mol. The second kappa shape index (κ2) is 48.7. The molecule has 1 rings (SSSR count). The van der Waals surface area contributed by atoms with Crippen molar-refractivity contribution < 1.29 is 49.3 Å². The summed E-state index contributed by atoms with van der Waals surface area (Å²) in [5.41, 5.74) is 0. The van der Waals surface area contributed by atoms with Crippen molar-refractivity contribution in [1.29, 1.82) is 0 Å². The number of esters is 1. The maximum Gasteiger partial charge on any atom is 0.305 e. The van der Waals surface area contributed by atoms with Crippen LogP contribution in [0, 0.1) is 0 Å². The van der Waals surface area contributed by atoms with Crippen LogP contribution in [0.4, 0.5) is 0 Å². The Morgan fingerprint density at radius 2 is 0.913 bits per heavy atom. The van der Waals surface area contributed by atoms with E-state index in [4.69, 9.17) is 14.2 Å². The van der Waals surface area contributed by atoms with Gasteiger partial charge in [-0.25, -0.2) is 0 Å². The molecule has 0 aromatic rings. The van der Waals surface area contributed by atoms with Gasteiger partial charge in [-0.1, -0.05) is 251 Å². The number of rotatable bonds is 51. The van der Waals surface area contributed by atoms with Gasteiger partial charge in [-0.15, -0.1) is 0 Å². The molecule has 69 heavy (non-hydrogen) atoms. The summed E-state index contributed by atoms with van der Waals surface area (Å²) < 4.78 is 16.7. The Bertz CT molecular complexity index is 1160. The third-order valence-corrected chi connectivity index (χ3v) is 14.2. The van der Waals surface area contributed by atoms with Gasteiger partial charge >= 0.3 is 5.97 Å². The van der Waals surface area contributed by atoms with E-state index in [1.54, 1.807) is 6.08 Å². The number of aliphatic hydroxyl groups is 5. The lowest BCUT2D eigenvalue weighted by atomic mass is 9.99. The van der Waals surface area contributed by atoms with Gasteiger partial charge in [0.15, 0.2) is 6.29 Å². The zero-order chi connectivity index (χ0) is 50.3. The first-order valence-electron chi connectivity index (χ1n) is 29.5. The van der Waals surface area contributed by atoms with E-state index in [9.17, 15) is 35.1 Å². The summed E-state index contributed by atoms with van der Waals surface area (Å²) in [5.74, 6) is -0.185. The summed E-state index contributed by atoms with van der Waals surface area (Å²) in [5, 5.41) is 54.2. The van der Waals surface area contributed by atoms with E-state index in [1.165, 1.54) is 199 Å². The Morgan fingerprint density at radius 1 is 0.522 bits per heavy atom. The van der Waals surface area contributed by atoms with E-state index in [-0.39, 0.29) is 18.5 Å². The molecule has 0 radical (unpaired) electrons. The maximum absolute atomic E-state index is 13.0. The zero-order valence-corrected chi connectivity index (χ0v) is 44.8. The normalized spacial score (nSPS) is 19.3. The molecule has 0 aliphatic carbocycles. The van der Waals surface area contributed by atoms with Crippen molar-refractivity contribution in [2.75, 3.05) is 19.8 Å². The summed E-state index contributed by atoms with van der Waals surface area (Å²) in [7, 11) is 0. The molecule has 1 amide bonds. The number of ether oxygens (including phenoxy) is 3. The average molecular weight is 983 g/mol. The molecule has 1 aliphatic rings. The Morgan fingerprint density at radius 3 is 1.35 bits per heavy atom. The quantitative estimate of drug-likeness (QED) is 0.0195. The van der Waals surface area contributed by atoms with Gasteiger partial charge in [0.2, 0.25) is 5.91 Å². The van der Waals surface area contributed by atoms with Crippen molar-refractivity contribution in [3.63, 3.8) is 0 Å². The Hall–Kier alpha value is -1.60. The van der Waals surface area contributed by atoms with E-state index in [0.29, 0.717) is 19.4 Å². The highest BCUT2D eigenvalue weighted by molar-refractivity contribution is 5.76. The van der Waals surface area contributed by atoms with Crippen LogP contribution >= 0.6 is 0 Å². The van der Waals surface area contributed by atoms with E-state index >= 15 is 0 Å². The predicted octanol–water partition coefficient (Wildman–Crippen LogP) is 13.2. The topological polar surface area (TPSA) is 175 Å². The first-order valence-corrected chi connectivity index (χ1v) is 29.5. The lowest BCUT2D eigenvalue weighted by Crippen LogP contribution is -2.60. The molecule has 1 heterocycles. The van der Waals surface area contributed by atoms with Crippen molar-refractivity contribution >= 4 is 11.9 Å². The maximum atomic E-state index is 13.0. The molecule has 0 spiro atoms. The fourth-order valence-corrected chi connectivity index (χ4v) is 9.44. The molecule has 6 N–H and O–H groups in total. The number of nitrogens with one attached hydrogen (secondary N) is 1. The van der Waals surface area contributed by atoms with Crippen LogP contribution in [0.25, 0.3) is 0 Å². The van der Waals surface area contributed by atoms with E-state index in [1.807, 2.05) is 6.08 Å². The molecule has 0 aromatic heterocycles. The molecule has 408 valence electrons. The number of carbonyl (C=O) groups is 2. The number of allylic oxidation sites excluding steroid dienone is 1. The van der Waals surface area contributed by atoms with Crippen LogP contribution in [0.2, 0.25) is 0 Å². The first-order chi connectivity index (χ1) is 33.7. The SMILES string of the molecule is CCCCCCCCC/C=C/C(O)C(COC1OC(CO)C(O)C(O)C1O)NC(=O)CCCCCCCCCCCCCCCCCCCCCCCOC(=O)CCCCCCCCCCCCC. The Balaban J connectivity index is 2.01. The third-order valence-electron chi connectivity index (χ3n) is 14.2. The van der Waals surface area contributed by atoms with Crippen molar-refractivity contribution in [1.82, 2.24) is 5.32 Å². The molecule has 0 saturated carbocycles. The monoisotopic (exact) mass is 982 g/mol.